The molecule has 2 heterocycles. The van der Waals surface area contributed by atoms with Crippen LogP contribution in [0.2, 0.25) is 0 Å². The monoisotopic (exact) mass is 435 g/mol. The van der Waals surface area contributed by atoms with E-state index >= 15 is 0 Å². The highest BCUT2D eigenvalue weighted by atomic mass is 16.5. The fourth-order valence-electron chi connectivity index (χ4n) is 8.87. The van der Waals surface area contributed by atoms with Crippen LogP contribution in [-0.4, -0.2) is 23.6 Å². The third-order valence-electron chi connectivity index (χ3n) is 10.1. The second kappa shape index (κ2) is 8.31. The summed E-state index contributed by atoms with van der Waals surface area (Å²) in [4.78, 5) is 0. The van der Waals surface area contributed by atoms with Crippen LogP contribution in [0.3, 0.4) is 0 Å². The lowest BCUT2D eigenvalue weighted by Crippen LogP contribution is -2.69. The molecule has 3 fully saturated rings. The van der Waals surface area contributed by atoms with E-state index in [1.165, 1.54) is 54.4 Å². The largest absolute Gasteiger partial charge is 0.624 e. The lowest BCUT2D eigenvalue weighted by Gasteiger charge is -2.64. The Hall–Kier alpha value is -1.61. The highest BCUT2D eigenvalue weighted by Gasteiger charge is 2.78. The normalized spacial score (nSPS) is 39.1. The maximum absolute atomic E-state index is 13.4. The average molecular weight is 436 g/mol. The van der Waals surface area contributed by atoms with Crippen LogP contribution in [0.1, 0.15) is 84.1 Å². The van der Waals surface area contributed by atoms with Crippen molar-refractivity contribution in [3.05, 3.63) is 52.8 Å². The van der Waals surface area contributed by atoms with Crippen LogP contribution < -0.4 is 0 Å². The summed E-state index contributed by atoms with van der Waals surface area (Å²) in [5.41, 5.74) is 3.20. The summed E-state index contributed by atoms with van der Waals surface area (Å²) in [5, 5.41) is 13.4. The number of allylic oxidation sites excluding steroid dienone is 2. The van der Waals surface area contributed by atoms with E-state index in [-0.39, 0.29) is 16.9 Å². The second-order valence-corrected chi connectivity index (χ2v) is 11.7. The molecule has 6 atom stereocenters. The molecule has 0 N–H and O–H groups in total. The lowest BCUT2D eigenvalue weighted by molar-refractivity contribution is -0.561. The summed E-state index contributed by atoms with van der Waals surface area (Å²) >= 11 is 0. The van der Waals surface area contributed by atoms with Gasteiger partial charge in [-0.05, 0) is 82.1 Å². The van der Waals surface area contributed by atoms with Gasteiger partial charge in [-0.2, -0.15) is 0 Å². The van der Waals surface area contributed by atoms with Crippen molar-refractivity contribution in [2.45, 2.75) is 91.2 Å². The molecule has 3 aliphatic carbocycles. The Balaban J connectivity index is 1.38. The van der Waals surface area contributed by atoms with E-state index in [1.807, 2.05) is 6.07 Å². The maximum atomic E-state index is 13.4. The van der Waals surface area contributed by atoms with E-state index in [9.17, 15) is 5.21 Å². The fourth-order valence-corrected chi connectivity index (χ4v) is 8.87. The van der Waals surface area contributed by atoms with Crippen molar-refractivity contribution in [3.63, 3.8) is 0 Å². The summed E-state index contributed by atoms with van der Waals surface area (Å²) in [5.74, 6) is 1.24. The first-order valence-electron chi connectivity index (χ1n) is 13.0. The molecule has 3 nitrogen and oxygen atoms in total. The van der Waals surface area contributed by atoms with Crippen LogP contribution >= 0.6 is 0 Å². The summed E-state index contributed by atoms with van der Waals surface area (Å²) in [7, 11) is 0. The molecule has 174 valence electrons. The molecule has 3 saturated carbocycles. The van der Waals surface area contributed by atoms with Gasteiger partial charge in [0, 0.05) is 17.9 Å². The molecule has 0 amide bonds. The third kappa shape index (κ3) is 3.22. The van der Waals surface area contributed by atoms with Crippen molar-refractivity contribution < 1.29 is 9.48 Å². The zero-order valence-corrected chi connectivity index (χ0v) is 20.3. The minimum atomic E-state index is 0.0345. The molecule has 0 saturated heterocycles. The van der Waals surface area contributed by atoms with Gasteiger partial charge in [-0.1, -0.05) is 55.3 Å². The Bertz CT molecular complexity index is 888. The van der Waals surface area contributed by atoms with Gasteiger partial charge >= 0.3 is 0 Å². The minimum Gasteiger partial charge on any atom is -0.624 e. The Labute approximate surface area is 194 Å². The van der Waals surface area contributed by atoms with Gasteiger partial charge in [0.1, 0.15) is 0 Å². The molecule has 2 aliphatic heterocycles. The van der Waals surface area contributed by atoms with Crippen LogP contribution in [0.15, 0.2) is 42.0 Å². The van der Waals surface area contributed by atoms with Crippen molar-refractivity contribution in [3.8, 4) is 0 Å². The van der Waals surface area contributed by atoms with Crippen LogP contribution in [0.25, 0.3) is 0 Å². The zero-order valence-electron chi connectivity index (χ0n) is 20.3. The molecule has 4 bridgehead atoms. The molecule has 32 heavy (non-hydrogen) atoms. The number of nitrogens with zero attached hydrogens (tertiary/aromatic N) is 1. The van der Waals surface area contributed by atoms with Gasteiger partial charge in [0.2, 0.25) is 0 Å². The van der Waals surface area contributed by atoms with Crippen LogP contribution in [0.4, 0.5) is 0 Å². The summed E-state index contributed by atoms with van der Waals surface area (Å²) < 4.78 is 7.55. The van der Waals surface area contributed by atoms with E-state index in [0.29, 0.717) is 23.9 Å². The first-order chi connectivity index (χ1) is 15.4. The number of hydrogen-bond donors (Lipinski definition) is 0. The quantitative estimate of drug-likeness (QED) is 0.183. The standard InChI is InChI=1S/C29H41NO2/c1-22(2)10-7-15-27(3)24-14-18-28-16-8-13-25(28)29(27,21-30(31)26(24)28)17-9-19-32-20-23-11-5-4-6-12-23/h4-6,10-12,21,24-26H,7-9,13-20H2,1-3H3/t24?,25-,26+,27-,28+,29+/m0/s1. The second-order valence-electron chi connectivity index (χ2n) is 11.7. The van der Waals surface area contributed by atoms with Gasteiger partial charge in [0.25, 0.3) is 0 Å². The van der Waals surface area contributed by atoms with E-state index in [4.69, 9.17) is 4.74 Å². The third-order valence-corrected chi connectivity index (χ3v) is 10.1. The number of benzene rings is 1. The molecule has 6 rings (SSSR count). The van der Waals surface area contributed by atoms with Crippen molar-refractivity contribution in [1.29, 1.82) is 0 Å². The zero-order chi connectivity index (χ0) is 22.4. The van der Waals surface area contributed by atoms with E-state index in [2.05, 4.69) is 57.3 Å². The van der Waals surface area contributed by atoms with Crippen molar-refractivity contribution in [2.24, 2.45) is 28.1 Å². The number of rotatable bonds is 9. The van der Waals surface area contributed by atoms with E-state index < -0.39 is 0 Å². The molecule has 5 aliphatic rings. The molecule has 1 aromatic rings. The molecular formula is C29H41NO2. The fraction of sp³-hybridized carbons (Fsp3) is 0.690. The Morgan fingerprint density at radius 1 is 1.16 bits per heavy atom. The summed E-state index contributed by atoms with van der Waals surface area (Å²) in [6, 6.07) is 10.7. The molecular weight excluding hydrogens is 394 g/mol. The number of hydrogen-bond acceptors (Lipinski definition) is 2. The predicted molar refractivity (Wildman–Crippen MR) is 131 cm³/mol. The average Bonchev–Trinajstić information content (AvgIpc) is 3.37. The van der Waals surface area contributed by atoms with Gasteiger partial charge in [0.15, 0.2) is 12.3 Å². The van der Waals surface area contributed by atoms with Gasteiger partial charge < -0.3 is 9.94 Å². The van der Waals surface area contributed by atoms with Gasteiger partial charge in [-0.3, -0.25) is 0 Å². The smallest absolute Gasteiger partial charge is 0.172 e. The van der Waals surface area contributed by atoms with Crippen LogP contribution in [0.5, 0.6) is 0 Å². The lowest BCUT2D eigenvalue weighted by atomic mass is 9.40. The SMILES string of the molecule is CC(C)=CCC[C@@]1(C)C2CC[C@]34CCC[C@@H]3[C@@]1(CCCOCc1ccccc1)C=[N+]([O-])[C@H]24. The molecule has 1 unspecified atom stereocenters. The van der Waals surface area contributed by atoms with Gasteiger partial charge in [-0.25, -0.2) is 4.74 Å². The Morgan fingerprint density at radius 2 is 1.97 bits per heavy atom. The Kier molecular flexibility index (Phi) is 5.76. The Morgan fingerprint density at radius 3 is 2.75 bits per heavy atom. The van der Waals surface area contributed by atoms with Gasteiger partial charge in [-0.15, -0.1) is 0 Å². The van der Waals surface area contributed by atoms with Gasteiger partial charge in [0.05, 0.1) is 12.0 Å². The van der Waals surface area contributed by atoms with Crippen molar-refractivity contribution in [1.82, 2.24) is 0 Å². The predicted octanol–water partition coefficient (Wildman–Crippen LogP) is 6.90. The molecule has 3 heteroatoms. The van der Waals surface area contributed by atoms with E-state index in [0.717, 1.165) is 25.9 Å². The number of ether oxygens (including phenoxy) is 1. The topological polar surface area (TPSA) is 35.3 Å². The first-order valence-corrected chi connectivity index (χ1v) is 13.0. The molecule has 1 spiro atoms. The summed E-state index contributed by atoms with van der Waals surface area (Å²) in [6.07, 6.45) is 15.5. The number of hydroxylamine groups is 1. The van der Waals surface area contributed by atoms with Crippen molar-refractivity contribution in [2.75, 3.05) is 6.61 Å². The summed E-state index contributed by atoms with van der Waals surface area (Å²) in [6.45, 7) is 8.43. The highest BCUT2D eigenvalue weighted by molar-refractivity contribution is 5.67. The van der Waals surface area contributed by atoms with Crippen LogP contribution in [-0.2, 0) is 11.3 Å². The molecule has 0 radical (unpaired) electrons. The highest BCUT2D eigenvalue weighted by Crippen LogP contribution is 2.77. The van der Waals surface area contributed by atoms with Crippen molar-refractivity contribution >= 4 is 6.21 Å². The first kappa shape index (κ1) is 22.2. The minimum absolute atomic E-state index is 0.0345. The maximum Gasteiger partial charge on any atom is 0.172 e. The molecule has 1 aromatic carbocycles. The van der Waals surface area contributed by atoms with E-state index in [1.54, 1.807) is 0 Å². The van der Waals surface area contributed by atoms with Crippen LogP contribution in [0, 0.1) is 33.3 Å². The molecule has 0 aromatic heterocycles.